The number of esters is 1. The predicted molar refractivity (Wildman–Crippen MR) is 59.2 cm³/mol. The number of halogens is 1. The molecule has 16 heavy (non-hydrogen) atoms. The van der Waals surface area contributed by atoms with Gasteiger partial charge in [-0.25, -0.2) is 4.79 Å². The van der Waals surface area contributed by atoms with Gasteiger partial charge in [-0.2, -0.15) is 0 Å². The maximum atomic E-state index is 11.0. The van der Waals surface area contributed by atoms with Crippen molar-refractivity contribution in [3.8, 4) is 0 Å². The molecule has 0 aliphatic heterocycles. The number of methoxy groups -OCH3 is 1. The van der Waals surface area contributed by atoms with E-state index in [1.807, 2.05) is 0 Å². The summed E-state index contributed by atoms with van der Waals surface area (Å²) in [4.78, 5) is 11.0. The van der Waals surface area contributed by atoms with Crippen LogP contribution in [0.1, 0.15) is 17.2 Å². The van der Waals surface area contributed by atoms with Gasteiger partial charge in [0.15, 0.2) is 6.10 Å². The highest BCUT2D eigenvalue weighted by molar-refractivity contribution is 6.32. The Kier molecular flexibility index (Phi) is 4.29. The first kappa shape index (κ1) is 13.0. The normalized spacial score (nSPS) is 14.3. The molecule has 0 saturated carbocycles. The number of carbonyl (C=O) groups is 1. The molecule has 0 amide bonds. The first-order chi connectivity index (χ1) is 7.49. The molecule has 0 aliphatic rings. The van der Waals surface area contributed by atoms with Crippen LogP contribution in [0.2, 0.25) is 5.02 Å². The summed E-state index contributed by atoms with van der Waals surface area (Å²) in [6.45, 7) is 1.77. The number of benzene rings is 1. The molecule has 88 valence electrons. The van der Waals surface area contributed by atoms with E-state index in [1.165, 1.54) is 0 Å². The topological polar surface area (TPSA) is 66.8 Å². The fourth-order valence-electron chi connectivity index (χ4n) is 1.32. The van der Waals surface area contributed by atoms with Crippen LogP contribution in [0.15, 0.2) is 18.2 Å². The molecule has 1 aromatic rings. The Morgan fingerprint density at radius 1 is 1.44 bits per heavy atom. The molecule has 0 aliphatic carbocycles. The van der Waals surface area contributed by atoms with E-state index in [1.54, 1.807) is 25.1 Å². The van der Waals surface area contributed by atoms with Crippen LogP contribution < -0.4 is 0 Å². The molecule has 2 N–H and O–H groups in total. The third-order valence-electron chi connectivity index (χ3n) is 2.28. The summed E-state index contributed by atoms with van der Waals surface area (Å²) in [5, 5.41) is 19.6. The molecule has 0 fully saturated rings. The van der Waals surface area contributed by atoms with Crippen LogP contribution in [-0.4, -0.2) is 29.4 Å². The van der Waals surface area contributed by atoms with Crippen LogP contribution in [0.5, 0.6) is 0 Å². The molecule has 1 aromatic carbocycles. The monoisotopic (exact) mass is 244 g/mol. The van der Waals surface area contributed by atoms with Crippen molar-refractivity contribution in [1.82, 2.24) is 0 Å². The molecule has 4 nitrogen and oxygen atoms in total. The number of rotatable bonds is 3. The van der Waals surface area contributed by atoms with Crippen molar-refractivity contribution in [2.24, 2.45) is 0 Å². The van der Waals surface area contributed by atoms with Crippen LogP contribution in [0.3, 0.4) is 0 Å². The Labute approximate surface area is 98.4 Å². The van der Waals surface area contributed by atoms with E-state index >= 15 is 0 Å². The van der Waals surface area contributed by atoms with E-state index in [0.29, 0.717) is 10.6 Å². The molecule has 1 rings (SSSR count). The molecule has 2 unspecified atom stereocenters. The van der Waals surface area contributed by atoms with Crippen molar-refractivity contribution < 1.29 is 19.7 Å². The van der Waals surface area contributed by atoms with Crippen molar-refractivity contribution in [1.29, 1.82) is 0 Å². The van der Waals surface area contributed by atoms with Crippen LogP contribution in [0.4, 0.5) is 0 Å². The highest BCUT2D eigenvalue weighted by atomic mass is 35.5. The highest BCUT2D eigenvalue weighted by Gasteiger charge is 2.28. The number of ether oxygens (including phenoxy) is 1. The molecular weight excluding hydrogens is 232 g/mol. The van der Waals surface area contributed by atoms with E-state index < -0.39 is 18.2 Å². The average Bonchev–Trinajstić information content (AvgIpc) is 2.29. The van der Waals surface area contributed by atoms with Gasteiger partial charge < -0.3 is 14.9 Å². The Hall–Kier alpha value is -1.10. The zero-order valence-corrected chi connectivity index (χ0v) is 9.73. The van der Waals surface area contributed by atoms with E-state index in [9.17, 15) is 15.0 Å². The van der Waals surface area contributed by atoms with Gasteiger partial charge in [0.2, 0.25) is 0 Å². The van der Waals surface area contributed by atoms with Crippen molar-refractivity contribution in [2.75, 3.05) is 7.11 Å². The van der Waals surface area contributed by atoms with Gasteiger partial charge in [-0.1, -0.05) is 29.8 Å². The van der Waals surface area contributed by atoms with Gasteiger partial charge in [-0.15, -0.1) is 0 Å². The van der Waals surface area contributed by atoms with Crippen LogP contribution >= 0.6 is 11.6 Å². The Balaban J connectivity index is 3.00. The van der Waals surface area contributed by atoms with Gasteiger partial charge in [0, 0.05) is 10.6 Å². The zero-order valence-electron chi connectivity index (χ0n) is 8.98. The van der Waals surface area contributed by atoms with Crippen molar-refractivity contribution in [2.45, 2.75) is 19.1 Å². The van der Waals surface area contributed by atoms with Gasteiger partial charge in [-0.3, -0.25) is 0 Å². The summed E-state index contributed by atoms with van der Waals surface area (Å²) in [6, 6.07) is 5.00. The predicted octanol–water partition coefficient (Wildman–Crippen LogP) is 1.22. The Morgan fingerprint density at radius 2 is 2.06 bits per heavy atom. The van der Waals surface area contributed by atoms with Crippen LogP contribution in [-0.2, 0) is 9.53 Å². The highest BCUT2D eigenvalue weighted by Crippen LogP contribution is 2.28. The Bertz CT molecular complexity index is 392. The second-order valence-corrected chi connectivity index (χ2v) is 3.77. The lowest BCUT2D eigenvalue weighted by Gasteiger charge is -2.17. The number of hydrogen-bond acceptors (Lipinski definition) is 4. The van der Waals surface area contributed by atoms with E-state index in [2.05, 4.69) is 4.74 Å². The van der Waals surface area contributed by atoms with Gasteiger partial charge in [0.25, 0.3) is 0 Å². The van der Waals surface area contributed by atoms with Gasteiger partial charge in [-0.05, 0) is 12.5 Å². The van der Waals surface area contributed by atoms with Gasteiger partial charge >= 0.3 is 5.97 Å². The summed E-state index contributed by atoms with van der Waals surface area (Å²) in [5.41, 5.74) is 1.06. The average molecular weight is 245 g/mol. The number of aliphatic hydroxyl groups excluding tert-OH is 2. The summed E-state index contributed by atoms with van der Waals surface area (Å²) in [6.07, 6.45) is -3.02. The molecule has 0 saturated heterocycles. The lowest BCUT2D eigenvalue weighted by atomic mass is 10.0. The van der Waals surface area contributed by atoms with Gasteiger partial charge in [0.1, 0.15) is 6.10 Å². The zero-order chi connectivity index (χ0) is 12.3. The fourth-order valence-corrected chi connectivity index (χ4v) is 1.56. The third-order valence-corrected chi connectivity index (χ3v) is 2.80. The van der Waals surface area contributed by atoms with E-state index in [4.69, 9.17) is 11.6 Å². The van der Waals surface area contributed by atoms with E-state index in [-0.39, 0.29) is 0 Å². The minimum atomic E-state index is -1.63. The molecule has 2 atom stereocenters. The molecule has 0 aromatic heterocycles. The second-order valence-electron chi connectivity index (χ2n) is 3.39. The smallest absolute Gasteiger partial charge is 0.337 e. The number of carbonyl (C=O) groups excluding carboxylic acids is 1. The SMILES string of the molecule is COC(=O)C(O)C(O)c1cccc(C)c1Cl. The minimum Gasteiger partial charge on any atom is -0.467 e. The largest absolute Gasteiger partial charge is 0.467 e. The maximum absolute atomic E-state index is 11.0. The summed E-state index contributed by atoms with van der Waals surface area (Å²) in [5.74, 6) is -0.898. The lowest BCUT2D eigenvalue weighted by Crippen LogP contribution is -2.29. The maximum Gasteiger partial charge on any atom is 0.337 e. The fraction of sp³-hybridized carbons (Fsp3) is 0.364. The standard InChI is InChI=1S/C11H13ClO4/c1-6-4-3-5-7(8(6)12)9(13)10(14)11(15)16-2/h3-5,9-10,13-14H,1-2H3. The quantitative estimate of drug-likeness (QED) is 0.785. The van der Waals surface area contributed by atoms with Crippen LogP contribution in [0, 0.1) is 6.92 Å². The lowest BCUT2D eigenvalue weighted by molar-refractivity contribution is -0.156. The van der Waals surface area contributed by atoms with Gasteiger partial charge in [0.05, 0.1) is 7.11 Å². The van der Waals surface area contributed by atoms with Crippen molar-refractivity contribution in [3.63, 3.8) is 0 Å². The number of aryl methyl sites for hydroxylation is 1. The molecule has 0 heterocycles. The van der Waals surface area contributed by atoms with Crippen molar-refractivity contribution in [3.05, 3.63) is 34.3 Å². The van der Waals surface area contributed by atoms with Crippen LogP contribution in [0.25, 0.3) is 0 Å². The third kappa shape index (κ3) is 2.52. The number of hydrogen-bond donors (Lipinski definition) is 2. The minimum absolute atomic E-state index is 0.305. The molecule has 0 spiro atoms. The second kappa shape index (κ2) is 5.30. The molecular formula is C11H13ClO4. The number of aliphatic hydroxyl groups is 2. The summed E-state index contributed by atoms with van der Waals surface area (Å²) in [7, 11) is 1.14. The summed E-state index contributed by atoms with van der Waals surface area (Å²) < 4.78 is 4.33. The first-order valence-corrected chi connectivity index (χ1v) is 5.05. The summed E-state index contributed by atoms with van der Waals surface area (Å²) >= 11 is 5.96. The molecule has 5 heteroatoms. The Morgan fingerprint density at radius 3 is 2.62 bits per heavy atom. The molecule has 0 bridgehead atoms. The van der Waals surface area contributed by atoms with E-state index in [0.717, 1.165) is 12.7 Å². The van der Waals surface area contributed by atoms with Crippen molar-refractivity contribution >= 4 is 17.6 Å². The first-order valence-electron chi connectivity index (χ1n) is 4.68. The molecule has 0 radical (unpaired) electrons.